The lowest BCUT2D eigenvalue weighted by molar-refractivity contribution is -0.143. The molecule has 0 heterocycles. The minimum atomic E-state index is -1.90. The third-order valence-corrected chi connectivity index (χ3v) is 12.4. The topological polar surface area (TPSA) is 449 Å². The van der Waals surface area contributed by atoms with Crippen molar-refractivity contribution in [1.29, 1.82) is 0 Å². The Morgan fingerprint density at radius 2 is 0.924 bits per heavy atom. The number of nitrogens with one attached hydrogen (secondary N) is 9. The Hall–Kier alpha value is -6.97. The van der Waals surface area contributed by atoms with Gasteiger partial charge in [0.1, 0.15) is 60.1 Å². The van der Waals surface area contributed by atoms with Crippen LogP contribution < -0.4 is 59.3 Å². The largest absolute Gasteiger partial charge is 0.508 e. The normalized spacial score (nSPS) is 15.6. The molecule has 27 nitrogen and oxygen atoms in total. The molecule has 0 saturated carbocycles. The van der Waals surface area contributed by atoms with Crippen molar-refractivity contribution in [2.75, 3.05) is 13.2 Å². The summed E-state index contributed by atoms with van der Waals surface area (Å²) < 4.78 is 0. The predicted octanol–water partition coefficient (Wildman–Crippen LogP) is -2.50. The number of phenolic OH excluding ortho intramolecular Hbond substituents is 1. The molecule has 1 aromatic rings. The van der Waals surface area contributed by atoms with Gasteiger partial charge >= 0.3 is 11.9 Å². The second-order valence-corrected chi connectivity index (χ2v) is 21.2. The number of aromatic hydroxyl groups is 1. The van der Waals surface area contributed by atoms with Crippen molar-refractivity contribution in [3.8, 4) is 5.75 Å². The van der Waals surface area contributed by atoms with Crippen LogP contribution in [-0.2, 0) is 59.2 Å². The minimum absolute atomic E-state index is 0.0369. The van der Waals surface area contributed by atoms with Crippen molar-refractivity contribution in [2.24, 2.45) is 35.1 Å². The number of aliphatic carboxylic acids is 2. The molecule has 79 heavy (non-hydrogen) atoms. The molecule has 0 saturated heterocycles. The third-order valence-electron chi connectivity index (χ3n) is 12.4. The molecule has 0 aromatic heterocycles. The van der Waals surface area contributed by atoms with Crippen LogP contribution in [0.15, 0.2) is 24.3 Å². The number of amides is 9. The fourth-order valence-corrected chi connectivity index (χ4v) is 7.85. The van der Waals surface area contributed by atoms with E-state index in [1.165, 1.54) is 31.2 Å². The van der Waals surface area contributed by atoms with Gasteiger partial charge < -0.3 is 84.9 Å². The number of rotatable bonds is 36. The minimum Gasteiger partial charge on any atom is -0.508 e. The highest BCUT2D eigenvalue weighted by Crippen LogP contribution is 2.15. The van der Waals surface area contributed by atoms with Crippen molar-refractivity contribution >= 4 is 65.1 Å². The number of aliphatic hydroxyl groups excluding tert-OH is 2. The van der Waals surface area contributed by atoms with E-state index in [0.717, 1.165) is 6.92 Å². The van der Waals surface area contributed by atoms with Crippen LogP contribution in [0.3, 0.4) is 0 Å². The summed E-state index contributed by atoms with van der Waals surface area (Å²) >= 11 is 0. The molecule has 27 heteroatoms. The lowest BCUT2D eigenvalue weighted by atomic mass is 9.98. The van der Waals surface area contributed by atoms with Gasteiger partial charge in [0.15, 0.2) is 0 Å². The molecule has 446 valence electrons. The van der Waals surface area contributed by atoms with Crippen LogP contribution in [0.2, 0.25) is 0 Å². The van der Waals surface area contributed by atoms with E-state index in [0.29, 0.717) is 24.8 Å². The van der Waals surface area contributed by atoms with Crippen molar-refractivity contribution in [1.82, 2.24) is 47.9 Å². The van der Waals surface area contributed by atoms with E-state index >= 15 is 0 Å². The molecular weight excluding hydrogens is 1030 g/mol. The summed E-state index contributed by atoms with van der Waals surface area (Å²) in [5, 5.41) is 72.1. The van der Waals surface area contributed by atoms with Crippen LogP contribution in [0.1, 0.15) is 120 Å². The van der Waals surface area contributed by atoms with E-state index < -0.39 is 163 Å². The fourth-order valence-electron chi connectivity index (χ4n) is 7.85. The first kappa shape index (κ1) is 70.0. The lowest BCUT2D eigenvalue weighted by Gasteiger charge is -2.30. The molecule has 18 N–H and O–H groups in total. The zero-order valence-corrected chi connectivity index (χ0v) is 46.9. The summed E-state index contributed by atoms with van der Waals surface area (Å²) in [7, 11) is 0. The van der Waals surface area contributed by atoms with Crippen LogP contribution in [0, 0.1) is 23.7 Å². The number of carbonyl (C=O) groups excluding carboxylic acids is 9. The Kier molecular flexibility index (Phi) is 30.9. The van der Waals surface area contributed by atoms with Crippen molar-refractivity contribution in [3.63, 3.8) is 0 Å². The molecule has 0 bridgehead atoms. The standard InChI is InChI=1S/C52H87N11O16/c1-25(2)21-33(54)44(70)55-29(9)43(69)56-35(18-19-39(67)68)46(72)63-42(30(10)65)51(77)60-38(24-64)48(74)58-36(23-31-14-16-32(66)17-15-31)47(73)62-40(27(5)6)49(75)57-34(13-11-12-20-53)45(71)61-41(28(7)8)50(76)59-37(52(78)79)22-26(3)4/h14-17,25-30,33-38,40-42,64-66H,11-13,18-24,53-54H2,1-10H3,(H,55,70)(H,56,69)(H,57,75)(H,58,74)(H,59,76)(H,60,77)(H,61,71)(H,62,73)(H,63,72)(H,67,68)(H,78,79)/t29-,30+,33-,34-,35-,36-,37-,38-,40-,41-,42-/m0/s1. The fraction of sp³-hybridized carbons (Fsp3) is 0.673. The monoisotopic (exact) mass is 1120 g/mol. The first-order valence-electron chi connectivity index (χ1n) is 26.5. The highest BCUT2D eigenvalue weighted by atomic mass is 16.4. The van der Waals surface area contributed by atoms with Gasteiger partial charge in [0.25, 0.3) is 0 Å². The SMILES string of the molecule is CC(C)C[C@H](NC(=O)[C@@H](NC(=O)[C@H](CCCCN)NC(=O)[C@@H](NC(=O)[C@H](Cc1ccc(O)cc1)NC(=O)[C@H](CO)NC(=O)[C@@H](NC(=O)[C@H](CCC(=O)O)NC(=O)[C@H](C)NC(=O)[C@@H](N)CC(C)C)[C@@H](C)O)C(C)C)C(C)C)C(=O)O. The number of unbranched alkanes of at least 4 members (excludes halogenated alkanes) is 1. The Morgan fingerprint density at radius 1 is 0.494 bits per heavy atom. The summed E-state index contributed by atoms with van der Waals surface area (Å²) in [6.45, 7) is 15.2. The zero-order chi connectivity index (χ0) is 60.4. The maximum Gasteiger partial charge on any atom is 0.326 e. The summed E-state index contributed by atoms with van der Waals surface area (Å²) in [5.74, 6) is -12.5. The first-order valence-corrected chi connectivity index (χ1v) is 26.5. The van der Waals surface area contributed by atoms with E-state index in [-0.39, 0.29) is 43.4 Å². The number of carboxylic acids is 2. The number of carbonyl (C=O) groups is 11. The quantitative estimate of drug-likeness (QED) is 0.0309. The summed E-state index contributed by atoms with van der Waals surface area (Å²) in [5.41, 5.74) is 12.0. The second-order valence-electron chi connectivity index (χ2n) is 21.2. The summed E-state index contributed by atoms with van der Waals surface area (Å²) in [6.07, 6.45) is -1.94. The van der Waals surface area contributed by atoms with E-state index in [4.69, 9.17) is 11.5 Å². The van der Waals surface area contributed by atoms with Gasteiger partial charge in [0, 0.05) is 12.8 Å². The van der Waals surface area contributed by atoms with E-state index in [9.17, 15) is 78.3 Å². The summed E-state index contributed by atoms with van der Waals surface area (Å²) in [6, 6.07) is -8.89. The number of benzene rings is 1. The molecule has 1 rings (SSSR count). The van der Waals surface area contributed by atoms with E-state index in [1.54, 1.807) is 41.5 Å². The number of hydrogen-bond donors (Lipinski definition) is 16. The van der Waals surface area contributed by atoms with Crippen LogP contribution in [0.5, 0.6) is 5.75 Å². The van der Waals surface area contributed by atoms with Crippen LogP contribution in [0.4, 0.5) is 0 Å². The predicted molar refractivity (Wildman–Crippen MR) is 288 cm³/mol. The van der Waals surface area contributed by atoms with Gasteiger partial charge in [-0.25, -0.2) is 4.79 Å². The van der Waals surface area contributed by atoms with Crippen molar-refractivity contribution < 1.29 is 78.3 Å². The average molecular weight is 1120 g/mol. The van der Waals surface area contributed by atoms with Crippen LogP contribution in [-0.4, -0.2) is 170 Å². The van der Waals surface area contributed by atoms with Gasteiger partial charge in [-0.05, 0) is 100 Å². The summed E-state index contributed by atoms with van der Waals surface area (Å²) in [4.78, 5) is 146. The molecule has 0 unspecified atom stereocenters. The highest BCUT2D eigenvalue weighted by Gasteiger charge is 2.37. The van der Waals surface area contributed by atoms with Gasteiger partial charge in [-0.2, -0.15) is 0 Å². The van der Waals surface area contributed by atoms with Gasteiger partial charge in [-0.15, -0.1) is 0 Å². The molecular formula is C52H87N11O16. The molecule has 0 spiro atoms. The van der Waals surface area contributed by atoms with Gasteiger partial charge in [-0.3, -0.25) is 47.9 Å². The van der Waals surface area contributed by atoms with Gasteiger partial charge in [0.2, 0.25) is 53.2 Å². The molecule has 9 amide bonds. The smallest absolute Gasteiger partial charge is 0.326 e. The number of carboxylic acid groups (broad SMARTS) is 2. The second kappa shape index (κ2) is 34.8. The Bertz CT molecular complexity index is 2210. The van der Waals surface area contributed by atoms with Crippen molar-refractivity contribution in [3.05, 3.63) is 29.8 Å². The first-order chi connectivity index (χ1) is 36.8. The van der Waals surface area contributed by atoms with Gasteiger partial charge in [-0.1, -0.05) is 67.5 Å². The Balaban J connectivity index is 3.47. The zero-order valence-electron chi connectivity index (χ0n) is 46.9. The number of phenols is 1. The molecule has 11 atom stereocenters. The number of hydrogen-bond acceptors (Lipinski definition) is 16. The van der Waals surface area contributed by atoms with Crippen LogP contribution >= 0.6 is 0 Å². The maximum absolute atomic E-state index is 14.3. The number of nitrogens with two attached hydrogens (primary N) is 2. The van der Waals surface area contributed by atoms with Gasteiger partial charge in [0.05, 0.1) is 18.8 Å². The maximum atomic E-state index is 14.3. The van der Waals surface area contributed by atoms with Crippen LogP contribution in [0.25, 0.3) is 0 Å². The lowest BCUT2D eigenvalue weighted by Crippen LogP contribution is -2.63. The van der Waals surface area contributed by atoms with E-state index in [2.05, 4.69) is 47.9 Å². The molecule has 0 aliphatic rings. The molecule has 0 fully saturated rings. The third kappa shape index (κ3) is 25.6. The number of aliphatic hydroxyl groups is 2. The van der Waals surface area contributed by atoms with E-state index in [1.807, 2.05) is 13.8 Å². The molecule has 0 radical (unpaired) electrons. The molecule has 0 aliphatic heterocycles. The highest BCUT2D eigenvalue weighted by molar-refractivity contribution is 5.99. The molecule has 1 aromatic carbocycles. The average Bonchev–Trinajstić information content (AvgIpc) is 3.35. The van der Waals surface area contributed by atoms with Crippen molar-refractivity contribution in [2.45, 2.75) is 187 Å². The Morgan fingerprint density at radius 3 is 1.38 bits per heavy atom. The molecule has 0 aliphatic carbocycles. The Labute approximate surface area is 461 Å².